The molecule has 5 nitrogen and oxygen atoms in total. The average molecular weight is 294 g/mol. The van der Waals surface area contributed by atoms with Gasteiger partial charge in [0.05, 0.1) is 10.6 Å². The summed E-state index contributed by atoms with van der Waals surface area (Å²) in [5.41, 5.74) is 0.631. The number of hydrogen-bond donors (Lipinski definition) is 1. The number of thioether (sulfide) groups is 1. The van der Waals surface area contributed by atoms with E-state index in [1.807, 2.05) is 0 Å². The van der Waals surface area contributed by atoms with E-state index in [2.05, 4.69) is 4.98 Å². The Morgan fingerprint density at radius 2 is 2.32 bits per heavy atom. The first-order valence-corrected chi connectivity index (χ1v) is 6.64. The van der Waals surface area contributed by atoms with E-state index in [4.69, 9.17) is 17.3 Å². The van der Waals surface area contributed by atoms with Gasteiger partial charge >= 0.3 is 5.97 Å². The molecule has 1 atom stereocenters. The quantitative estimate of drug-likeness (QED) is 0.676. The van der Waals surface area contributed by atoms with Crippen molar-refractivity contribution in [2.24, 2.45) is 0 Å². The molecule has 7 heteroatoms. The van der Waals surface area contributed by atoms with Crippen LogP contribution in [0.2, 0.25) is 0 Å². The van der Waals surface area contributed by atoms with E-state index in [1.165, 1.54) is 6.92 Å². The van der Waals surface area contributed by atoms with Crippen LogP contribution in [0.5, 0.6) is 0 Å². The van der Waals surface area contributed by atoms with Crippen molar-refractivity contribution >= 4 is 46.3 Å². The minimum Gasteiger partial charge on any atom is -0.480 e. The molecule has 0 aliphatic carbocycles. The highest BCUT2D eigenvalue weighted by Gasteiger charge is 2.38. The Labute approximate surface area is 119 Å². The Hall–Kier alpha value is -1.73. The molecule has 1 fully saturated rings. The first-order valence-electron chi connectivity index (χ1n) is 5.41. The van der Waals surface area contributed by atoms with Crippen molar-refractivity contribution in [3.05, 3.63) is 35.0 Å². The number of carboxylic acids is 1. The van der Waals surface area contributed by atoms with E-state index in [9.17, 15) is 9.59 Å². The molecule has 98 valence electrons. The van der Waals surface area contributed by atoms with E-state index < -0.39 is 17.9 Å². The Balaban J connectivity index is 2.28. The molecule has 0 radical (unpaired) electrons. The van der Waals surface area contributed by atoms with Crippen molar-refractivity contribution in [3.63, 3.8) is 0 Å². The summed E-state index contributed by atoms with van der Waals surface area (Å²) in [6.45, 7) is 1.43. The fraction of sp³-hybridized carbons (Fsp3) is 0.167. The zero-order valence-corrected chi connectivity index (χ0v) is 11.6. The Morgan fingerprint density at radius 3 is 2.89 bits per heavy atom. The van der Waals surface area contributed by atoms with Crippen molar-refractivity contribution in [3.8, 4) is 0 Å². The SMILES string of the molecule is C[C@H](C(=O)O)N1C(=O)/C(=C\c2ccccn2)SC1=S. The Kier molecular flexibility index (Phi) is 3.96. The normalized spacial score (nSPS) is 19.0. The van der Waals surface area contributed by atoms with Crippen molar-refractivity contribution in [1.82, 2.24) is 9.88 Å². The highest BCUT2D eigenvalue weighted by atomic mass is 32.2. The number of pyridine rings is 1. The zero-order chi connectivity index (χ0) is 14.0. The molecule has 1 aromatic rings. The molecule has 0 aromatic carbocycles. The molecule has 1 N–H and O–H groups in total. The summed E-state index contributed by atoms with van der Waals surface area (Å²) < 4.78 is 0.252. The molecule has 19 heavy (non-hydrogen) atoms. The zero-order valence-electron chi connectivity index (χ0n) is 9.94. The van der Waals surface area contributed by atoms with Gasteiger partial charge in [-0.1, -0.05) is 30.0 Å². The highest BCUT2D eigenvalue weighted by Crippen LogP contribution is 2.33. The van der Waals surface area contributed by atoms with Crippen LogP contribution in [0, 0.1) is 0 Å². The van der Waals surface area contributed by atoms with E-state index in [1.54, 1.807) is 30.5 Å². The van der Waals surface area contributed by atoms with Gasteiger partial charge < -0.3 is 5.11 Å². The number of aliphatic carboxylic acids is 1. The summed E-state index contributed by atoms with van der Waals surface area (Å²) in [6, 6.07) is 4.36. The van der Waals surface area contributed by atoms with Crippen molar-refractivity contribution in [2.75, 3.05) is 0 Å². The second-order valence-electron chi connectivity index (χ2n) is 3.82. The van der Waals surface area contributed by atoms with E-state index in [0.717, 1.165) is 16.7 Å². The van der Waals surface area contributed by atoms with Gasteiger partial charge in [0.25, 0.3) is 5.91 Å². The number of amides is 1. The first-order chi connectivity index (χ1) is 9.00. The number of aromatic nitrogens is 1. The Bertz CT molecular complexity index is 572. The van der Waals surface area contributed by atoms with Crippen molar-refractivity contribution in [2.45, 2.75) is 13.0 Å². The van der Waals surface area contributed by atoms with Crippen LogP contribution in [0.25, 0.3) is 6.08 Å². The largest absolute Gasteiger partial charge is 0.480 e. The first kappa shape index (κ1) is 13.7. The topological polar surface area (TPSA) is 70.5 Å². The number of rotatable bonds is 3. The predicted molar refractivity (Wildman–Crippen MR) is 76.3 cm³/mol. The van der Waals surface area contributed by atoms with E-state index >= 15 is 0 Å². The lowest BCUT2D eigenvalue weighted by atomic mass is 10.2. The molecule has 0 spiro atoms. The van der Waals surface area contributed by atoms with Crippen LogP contribution in [0.3, 0.4) is 0 Å². The molecule has 1 saturated heterocycles. The summed E-state index contributed by atoms with van der Waals surface area (Å²) in [5.74, 6) is -1.48. The molecular formula is C12H10N2O3S2. The van der Waals surface area contributed by atoms with Crippen molar-refractivity contribution in [1.29, 1.82) is 0 Å². The lowest BCUT2D eigenvalue weighted by Gasteiger charge is -2.18. The number of carbonyl (C=O) groups excluding carboxylic acids is 1. The third kappa shape index (κ3) is 2.82. The third-order valence-electron chi connectivity index (χ3n) is 2.53. The predicted octanol–water partition coefficient (Wildman–Crippen LogP) is 1.76. The lowest BCUT2D eigenvalue weighted by Crippen LogP contribution is -2.41. The summed E-state index contributed by atoms with van der Waals surface area (Å²) >= 11 is 6.14. The van der Waals surface area contributed by atoms with E-state index in [-0.39, 0.29) is 4.32 Å². The Morgan fingerprint density at radius 1 is 1.58 bits per heavy atom. The number of carbonyl (C=O) groups is 2. The molecule has 2 rings (SSSR count). The molecule has 1 aliphatic heterocycles. The minimum atomic E-state index is -1.09. The summed E-state index contributed by atoms with van der Waals surface area (Å²) in [5, 5.41) is 8.96. The van der Waals surface area contributed by atoms with Gasteiger partial charge in [-0.3, -0.25) is 14.7 Å². The summed E-state index contributed by atoms with van der Waals surface area (Å²) in [7, 11) is 0. The van der Waals surface area contributed by atoms with Gasteiger partial charge in [0, 0.05) is 6.20 Å². The molecule has 1 aliphatic rings. The standard InChI is InChI=1S/C12H10N2O3S2/c1-7(11(16)17)14-10(15)9(19-12(14)18)6-8-4-2-3-5-13-8/h2-7H,1H3,(H,16,17)/b9-6+/t7-/m1/s1. The molecule has 0 unspecified atom stereocenters. The third-order valence-corrected chi connectivity index (χ3v) is 3.87. The van der Waals surface area contributed by atoms with E-state index in [0.29, 0.717) is 10.6 Å². The van der Waals surface area contributed by atoms with Gasteiger partial charge in [-0.05, 0) is 25.1 Å². The maximum Gasteiger partial charge on any atom is 0.326 e. The van der Waals surface area contributed by atoms with Crippen LogP contribution in [-0.2, 0) is 9.59 Å². The van der Waals surface area contributed by atoms with Gasteiger partial charge in [-0.25, -0.2) is 4.79 Å². The van der Waals surface area contributed by atoms with Gasteiger partial charge in [0.2, 0.25) is 0 Å². The van der Waals surface area contributed by atoms with Crippen LogP contribution in [-0.4, -0.2) is 37.2 Å². The number of carboxylic acid groups (broad SMARTS) is 1. The van der Waals surface area contributed by atoms with Gasteiger partial charge in [-0.2, -0.15) is 0 Å². The van der Waals surface area contributed by atoms with Crippen LogP contribution in [0.15, 0.2) is 29.3 Å². The smallest absolute Gasteiger partial charge is 0.326 e. The lowest BCUT2D eigenvalue weighted by molar-refractivity contribution is -0.144. The average Bonchev–Trinajstić information content (AvgIpc) is 2.65. The maximum absolute atomic E-state index is 12.1. The summed E-state index contributed by atoms with van der Waals surface area (Å²) in [4.78, 5) is 28.7. The van der Waals surface area contributed by atoms with Crippen LogP contribution in [0.1, 0.15) is 12.6 Å². The van der Waals surface area contributed by atoms with Crippen molar-refractivity contribution < 1.29 is 14.7 Å². The van der Waals surface area contributed by atoms with Gasteiger partial charge in [0.15, 0.2) is 0 Å². The number of thiocarbonyl (C=S) groups is 1. The number of hydrogen-bond acceptors (Lipinski definition) is 5. The fourth-order valence-corrected chi connectivity index (χ4v) is 2.92. The minimum absolute atomic E-state index is 0.252. The highest BCUT2D eigenvalue weighted by molar-refractivity contribution is 8.26. The molecule has 1 amide bonds. The van der Waals surface area contributed by atoms with Crippen LogP contribution < -0.4 is 0 Å². The van der Waals surface area contributed by atoms with Crippen LogP contribution >= 0.6 is 24.0 Å². The molecule has 2 heterocycles. The van der Waals surface area contributed by atoms with Gasteiger partial charge in [0.1, 0.15) is 10.4 Å². The second kappa shape index (κ2) is 5.50. The maximum atomic E-state index is 12.1. The van der Waals surface area contributed by atoms with Gasteiger partial charge in [-0.15, -0.1) is 0 Å². The number of nitrogens with zero attached hydrogens (tertiary/aromatic N) is 2. The molecule has 0 bridgehead atoms. The van der Waals surface area contributed by atoms with Crippen LogP contribution in [0.4, 0.5) is 0 Å². The molecular weight excluding hydrogens is 284 g/mol. The summed E-state index contributed by atoms with van der Waals surface area (Å²) in [6.07, 6.45) is 3.22. The monoisotopic (exact) mass is 294 g/mol. The second-order valence-corrected chi connectivity index (χ2v) is 5.50. The fourth-order valence-electron chi connectivity index (χ4n) is 1.52. The molecule has 0 saturated carbocycles. The molecule has 1 aromatic heterocycles.